The molecule has 1 fully saturated rings. The van der Waals surface area contributed by atoms with Crippen molar-refractivity contribution in [3.63, 3.8) is 0 Å². The Kier molecular flexibility index (Phi) is 7.09. The van der Waals surface area contributed by atoms with Crippen LogP contribution in [0.5, 0.6) is 0 Å². The number of imide groups is 1. The number of rotatable bonds is 8. The normalized spacial score (nSPS) is 14.4. The first kappa shape index (κ1) is 25.0. The van der Waals surface area contributed by atoms with Crippen molar-refractivity contribution in [1.29, 1.82) is 0 Å². The average Bonchev–Trinajstić information content (AvgIpc) is 3.36. The second-order valence-corrected chi connectivity index (χ2v) is 9.57. The van der Waals surface area contributed by atoms with E-state index in [-0.39, 0.29) is 11.3 Å². The van der Waals surface area contributed by atoms with E-state index < -0.39 is 11.9 Å². The van der Waals surface area contributed by atoms with Gasteiger partial charge in [0.1, 0.15) is 5.70 Å². The summed E-state index contributed by atoms with van der Waals surface area (Å²) in [5.41, 5.74) is 5.84. The Morgan fingerprint density at radius 1 is 0.816 bits per heavy atom. The Bertz CT molecular complexity index is 1580. The summed E-state index contributed by atoms with van der Waals surface area (Å²) in [6.07, 6.45) is 3.40. The van der Waals surface area contributed by atoms with E-state index in [4.69, 9.17) is 0 Å². The lowest BCUT2D eigenvalue weighted by Gasteiger charge is -2.11. The van der Waals surface area contributed by atoms with E-state index in [1.54, 1.807) is 0 Å². The highest BCUT2D eigenvalue weighted by Crippen LogP contribution is 2.21. The van der Waals surface area contributed by atoms with Gasteiger partial charge in [0.15, 0.2) is 0 Å². The van der Waals surface area contributed by atoms with Crippen LogP contribution in [-0.2, 0) is 17.6 Å². The number of aromatic nitrogens is 2. The van der Waals surface area contributed by atoms with E-state index in [1.165, 1.54) is 15.7 Å². The van der Waals surface area contributed by atoms with Crippen molar-refractivity contribution < 1.29 is 9.59 Å². The number of aryl methyl sites for hydroxylation is 3. The summed E-state index contributed by atoms with van der Waals surface area (Å²) >= 11 is 0. The molecule has 0 bridgehead atoms. The second-order valence-electron chi connectivity index (χ2n) is 9.57. The number of carbonyl (C=O) groups is 2. The number of para-hydroxylation sites is 1. The van der Waals surface area contributed by atoms with Crippen LogP contribution in [0.3, 0.4) is 0 Å². The number of nitrogens with one attached hydrogen (secondary N) is 2. The van der Waals surface area contributed by atoms with E-state index in [0.717, 1.165) is 34.4 Å². The minimum absolute atomic E-state index is 0.105. The summed E-state index contributed by atoms with van der Waals surface area (Å²) in [4.78, 5) is 40.7. The number of aromatic amines is 1. The Balaban J connectivity index is 1.46. The third kappa shape index (κ3) is 5.09. The van der Waals surface area contributed by atoms with E-state index >= 15 is 0 Å². The summed E-state index contributed by atoms with van der Waals surface area (Å²) in [7, 11) is 0. The molecule has 7 heteroatoms. The molecule has 1 saturated heterocycles. The molecule has 4 aromatic rings. The number of hydrogen-bond donors (Lipinski definition) is 2. The van der Waals surface area contributed by atoms with Crippen molar-refractivity contribution in [3.8, 4) is 5.69 Å². The number of H-pyrrole nitrogens is 1. The highest BCUT2D eigenvalue weighted by Gasteiger charge is 2.33. The van der Waals surface area contributed by atoms with E-state index in [1.807, 2.05) is 92.7 Å². The van der Waals surface area contributed by atoms with Gasteiger partial charge in [-0.05, 0) is 61.1 Å². The van der Waals surface area contributed by atoms with Gasteiger partial charge in [-0.3, -0.25) is 19.6 Å². The van der Waals surface area contributed by atoms with E-state index in [9.17, 15) is 14.4 Å². The molecule has 3 amide bonds. The molecule has 0 atom stereocenters. The summed E-state index contributed by atoms with van der Waals surface area (Å²) in [6.45, 7) is 4.27. The van der Waals surface area contributed by atoms with Crippen molar-refractivity contribution in [1.82, 2.24) is 20.0 Å². The lowest BCUT2D eigenvalue weighted by Crippen LogP contribution is -2.32. The van der Waals surface area contributed by atoms with Gasteiger partial charge in [-0.25, -0.2) is 9.48 Å². The molecule has 1 aliphatic heterocycles. The summed E-state index contributed by atoms with van der Waals surface area (Å²) < 4.78 is 1.51. The Morgan fingerprint density at radius 2 is 1.50 bits per heavy atom. The van der Waals surface area contributed by atoms with Crippen LogP contribution in [0.25, 0.3) is 11.8 Å². The fourth-order valence-corrected chi connectivity index (χ4v) is 4.77. The van der Waals surface area contributed by atoms with Crippen molar-refractivity contribution in [3.05, 3.63) is 128 Å². The molecule has 0 radical (unpaired) electrons. The smallest absolute Gasteiger partial charge is 0.303 e. The molecule has 0 aliphatic carbocycles. The van der Waals surface area contributed by atoms with Crippen LogP contribution in [0, 0.1) is 13.8 Å². The molecule has 0 spiro atoms. The van der Waals surface area contributed by atoms with Crippen LogP contribution in [0.1, 0.15) is 39.9 Å². The molecule has 38 heavy (non-hydrogen) atoms. The summed E-state index contributed by atoms with van der Waals surface area (Å²) in [6, 6.07) is 25.1. The van der Waals surface area contributed by atoms with Gasteiger partial charge < -0.3 is 5.32 Å². The molecular weight excluding hydrogens is 476 g/mol. The van der Waals surface area contributed by atoms with Crippen LogP contribution in [-0.4, -0.2) is 33.2 Å². The SMILES string of the molecule is Cc1ccccc1Cc1[nH]n(-c2ccccc2C)c(=O)c1/C=C1\NC(=O)N(CCCc2ccccc2)C1=O. The van der Waals surface area contributed by atoms with Crippen LogP contribution in [0.15, 0.2) is 89.4 Å². The molecule has 7 nitrogen and oxygen atoms in total. The van der Waals surface area contributed by atoms with Gasteiger partial charge in [0.2, 0.25) is 0 Å². The minimum atomic E-state index is -0.468. The van der Waals surface area contributed by atoms with Crippen LogP contribution < -0.4 is 10.9 Å². The lowest BCUT2D eigenvalue weighted by molar-refractivity contribution is -0.122. The van der Waals surface area contributed by atoms with Gasteiger partial charge in [-0.2, -0.15) is 0 Å². The molecular formula is C31H30N4O3. The predicted molar refractivity (Wildman–Crippen MR) is 148 cm³/mol. The van der Waals surface area contributed by atoms with E-state index in [2.05, 4.69) is 10.4 Å². The van der Waals surface area contributed by atoms with Gasteiger partial charge in [-0.1, -0.05) is 72.8 Å². The fraction of sp³-hybridized carbons (Fsp3) is 0.194. The van der Waals surface area contributed by atoms with Gasteiger partial charge in [-0.15, -0.1) is 0 Å². The third-order valence-corrected chi connectivity index (χ3v) is 6.93. The monoisotopic (exact) mass is 506 g/mol. The minimum Gasteiger partial charge on any atom is -0.303 e. The molecule has 2 N–H and O–H groups in total. The fourth-order valence-electron chi connectivity index (χ4n) is 4.77. The predicted octanol–water partition coefficient (Wildman–Crippen LogP) is 4.90. The van der Waals surface area contributed by atoms with Crippen molar-refractivity contribution >= 4 is 18.0 Å². The Hall–Kier alpha value is -4.65. The molecule has 5 rings (SSSR count). The number of hydrogen-bond acceptors (Lipinski definition) is 3. The third-order valence-electron chi connectivity index (χ3n) is 6.93. The number of urea groups is 1. The maximum absolute atomic E-state index is 13.7. The average molecular weight is 507 g/mol. The van der Waals surface area contributed by atoms with Crippen LogP contribution >= 0.6 is 0 Å². The molecule has 0 saturated carbocycles. The zero-order valence-corrected chi connectivity index (χ0v) is 21.5. The molecule has 1 aliphatic rings. The first-order valence-corrected chi connectivity index (χ1v) is 12.8. The van der Waals surface area contributed by atoms with Crippen molar-refractivity contribution in [2.75, 3.05) is 6.54 Å². The number of amides is 3. The van der Waals surface area contributed by atoms with Gasteiger partial charge in [0.25, 0.3) is 11.5 Å². The van der Waals surface area contributed by atoms with Gasteiger partial charge in [0.05, 0.1) is 11.3 Å². The largest absolute Gasteiger partial charge is 0.329 e. The molecule has 2 heterocycles. The second kappa shape index (κ2) is 10.8. The van der Waals surface area contributed by atoms with Crippen LogP contribution in [0.4, 0.5) is 4.79 Å². The summed E-state index contributed by atoms with van der Waals surface area (Å²) in [5.74, 6) is -0.423. The molecule has 192 valence electrons. The summed E-state index contributed by atoms with van der Waals surface area (Å²) in [5, 5.41) is 5.95. The van der Waals surface area contributed by atoms with Crippen molar-refractivity contribution in [2.24, 2.45) is 0 Å². The maximum atomic E-state index is 13.7. The highest BCUT2D eigenvalue weighted by atomic mass is 16.2. The molecule has 1 aromatic heterocycles. The maximum Gasteiger partial charge on any atom is 0.329 e. The molecule has 0 unspecified atom stereocenters. The first-order valence-electron chi connectivity index (χ1n) is 12.8. The number of carbonyl (C=O) groups excluding carboxylic acids is 2. The van der Waals surface area contributed by atoms with Gasteiger partial charge in [0, 0.05) is 18.7 Å². The zero-order valence-electron chi connectivity index (χ0n) is 21.5. The topological polar surface area (TPSA) is 87.2 Å². The lowest BCUT2D eigenvalue weighted by atomic mass is 10.0. The van der Waals surface area contributed by atoms with Gasteiger partial charge >= 0.3 is 6.03 Å². The number of nitrogens with zero attached hydrogens (tertiary/aromatic N) is 2. The highest BCUT2D eigenvalue weighted by molar-refractivity contribution is 6.14. The van der Waals surface area contributed by atoms with Crippen LogP contribution in [0.2, 0.25) is 0 Å². The molecule has 3 aromatic carbocycles. The standard InChI is InChI=1S/C31H30N4O3/c1-21-11-6-8-16-24(21)19-26-25(29(36)35(33-26)28-17-9-7-12-22(28)2)20-27-30(37)34(31(38)32-27)18-10-15-23-13-4-3-5-14-23/h3-9,11-14,16-17,20,33H,10,15,18-19H2,1-2H3,(H,32,38)/b27-20-. The Labute approximate surface area is 221 Å². The number of benzene rings is 3. The zero-order chi connectivity index (χ0) is 26.6. The quantitative estimate of drug-likeness (QED) is 0.263. The van der Waals surface area contributed by atoms with E-state index in [0.29, 0.717) is 30.6 Å². The first-order chi connectivity index (χ1) is 18.4. The Morgan fingerprint density at radius 3 is 2.24 bits per heavy atom. The van der Waals surface area contributed by atoms with Crippen molar-refractivity contribution in [2.45, 2.75) is 33.1 Å².